The molecule has 0 saturated carbocycles. The van der Waals surface area contributed by atoms with Crippen molar-refractivity contribution in [2.45, 2.75) is 32.1 Å². The molecular formula is C22H22ClN3O. The highest BCUT2D eigenvalue weighted by Gasteiger charge is 2.19. The topological polar surface area (TPSA) is 49.0 Å². The van der Waals surface area contributed by atoms with Gasteiger partial charge in [0, 0.05) is 43.1 Å². The summed E-state index contributed by atoms with van der Waals surface area (Å²) < 4.78 is 0. The third-order valence-electron chi connectivity index (χ3n) is 5.11. The highest BCUT2D eigenvalue weighted by atomic mass is 35.5. The molecule has 27 heavy (non-hydrogen) atoms. The van der Waals surface area contributed by atoms with Crippen LogP contribution in [0.1, 0.15) is 35.5 Å². The van der Waals surface area contributed by atoms with Crippen LogP contribution in [0.5, 0.6) is 0 Å². The number of rotatable bonds is 4. The van der Waals surface area contributed by atoms with Gasteiger partial charge in [-0.3, -0.25) is 9.69 Å². The van der Waals surface area contributed by atoms with E-state index in [-0.39, 0.29) is 5.56 Å². The number of aromatic amines is 1. The third-order valence-corrected chi connectivity index (χ3v) is 5.34. The van der Waals surface area contributed by atoms with Crippen LogP contribution < -0.4 is 5.56 Å². The summed E-state index contributed by atoms with van der Waals surface area (Å²) in [5.74, 6) is 0.706. The molecule has 0 unspecified atom stereocenters. The molecule has 0 atom stereocenters. The average molecular weight is 380 g/mol. The number of H-pyrrole nitrogens is 1. The summed E-state index contributed by atoms with van der Waals surface area (Å²) in [7, 11) is 0. The largest absolute Gasteiger partial charge is 0.310 e. The summed E-state index contributed by atoms with van der Waals surface area (Å²) in [5, 5.41) is 0.696. The number of aromatic nitrogens is 2. The van der Waals surface area contributed by atoms with Crippen LogP contribution >= 0.6 is 11.6 Å². The van der Waals surface area contributed by atoms with Crippen molar-refractivity contribution in [2.24, 2.45) is 0 Å². The molecule has 0 radical (unpaired) electrons. The van der Waals surface area contributed by atoms with Gasteiger partial charge in [-0.15, -0.1) is 0 Å². The van der Waals surface area contributed by atoms with Gasteiger partial charge in [0.05, 0.1) is 5.69 Å². The molecule has 0 amide bonds. The van der Waals surface area contributed by atoms with Gasteiger partial charge in [-0.2, -0.15) is 0 Å². The van der Waals surface area contributed by atoms with Gasteiger partial charge in [0.2, 0.25) is 0 Å². The summed E-state index contributed by atoms with van der Waals surface area (Å²) in [4.78, 5) is 22.8. The summed E-state index contributed by atoms with van der Waals surface area (Å²) in [6.45, 7) is 2.69. The Morgan fingerprint density at radius 1 is 1.22 bits per heavy atom. The highest BCUT2D eigenvalue weighted by Crippen LogP contribution is 2.16. The molecule has 4 rings (SSSR count). The van der Waals surface area contributed by atoms with Crippen molar-refractivity contribution in [3.05, 3.63) is 85.4 Å². The Balaban J connectivity index is 1.51. The fourth-order valence-electron chi connectivity index (χ4n) is 3.71. The van der Waals surface area contributed by atoms with Crippen LogP contribution in [-0.4, -0.2) is 34.5 Å². The lowest BCUT2D eigenvalue weighted by Crippen LogP contribution is -2.29. The highest BCUT2D eigenvalue weighted by molar-refractivity contribution is 6.30. The molecule has 2 aromatic rings. The van der Waals surface area contributed by atoms with E-state index < -0.39 is 0 Å². The van der Waals surface area contributed by atoms with Crippen LogP contribution in [0.2, 0.25) is 5.02 Å². The molecule has 1 aliphatic heterocycles. The summed E-state index contributed by atoms with van der Waals surface area (Å²) in [5.41, 5.74) is 10.4. The molecule has 2 heterocycles. The van der Waals surface area contributed by atoms with Gasteiger partial charge in [0.1, 0.15) is 5.82 Å². The van der Waals surface area contributed by atoms with Gasteiger partial charge in [0.15, 0.2) is 0 Å². The van der Waals surface area contributed by atoms with E-state index in [1.54, 1.807) is 0 Å². The minimum atomic E-state index is -0.00131. The van der Waals surface area contributed by atoms with Crippen LogP contribution in [-0.2, 0) is 19.3 Å². The number of halogens is 1. The molecule has 0 spiro atoms. The van der Waals surface area contributed by atoms with E-state index in [9.17, 15) is 4.79 Å². The van der Waals surface area contributed by atoms with Gasteiger partial charge in [-0.05, 0) is 48.6 Å². The Hall–Kier alpha value is -2.35. The fraction of sp³-hybridized carbons (Fsp3) is 0.364. The number of nitrogens with one attached hydrogen (secondary N) is 1. The molecule has 5 heteroatoms. The van der Waals surface area contributed by atoms with E-state index in [0.29, 0.717) is 17.3 Å². The van der Waals surface area contributed by atoms with Gasteiger partial charge in [0.25, 0.3) is 5.56 Å². The zero-order chi connectivity index (χ0) is 18.6. The third kappa shape index (κ3) is 4.50. The first-order chi connectivity index (χ1) is 13.2. The molecule has 1 aliphatic carbocycles. The SMILES string of the molecule is O=c1[nH]c(Cc2cccc(Cl)c2)nc2c1CCN(CC1=C=C=CCC1)CC2. The predicted molar refractivity (Wildman–Crippen MR) is 107 cm³/mol. The van der Waals surface area contributed by atoms with E-state index in [2.05, 4.69) is 21.3 Å². The number of nitrogens with zero attached hydrogens (tertiary/aromatic N) is 2. The minimum absolute atomic E-state index is 0.00131. The van der Waals surface area contributed by atoms with E-state index in [1.165, 1.54) is 5.57 Å². The molecule has 138 valence electrons. The van der Waals surface area contributed by atoms with E-state index in [4.69, 9.17) is 16.6 Å². The number of hydrogen-bond acceptors (Lipinski definition) is 3. The molecule has 1 aromatic heterocycles. The Labute approximate surface area is 163 Å². The Morgan fingerprint density at radius 2 is 2.11 bits per heavy atom. The van der Waals surface area contributed by atoms with Crippen LogP contribution in [0.25, 0.3) is 0 Å². The van der Waals surface area contributed by atoms with E-state index >= 15 is 0 Å². The zero-order valence-electron chi connectivity index (χ0n) is 15.2. The van der Waals surface area contributed by atoms with Crippen molar-refractivity contribution in [3.8, 4) is 0 Å². The van der Waals surface area contributed by atoms with Gasteiger partial charge < -0.3 is 4.98 Å². The number of benzene rings is 1. The molecule has 4 nitrogen and oxygen atoms in total. The van der Waals surface area contributed by atoms with Crippen LogP contribution in [0, 0.1) is 0 Å². The molecule has 1 N–H and O–H groups in total. The Bertz CT molecular complexity index is 1010. The van der Waals surface area contributed by atoms with Crippen LogP contribution in [0.15, 0.2) is 52.2 Å². The van der Waals surface area contributed by atoms with Gasteiger partial charge in [-0.1, -0.05) is 35.2 Å². The maximum atomic E-state index is 12.6. The average Bonchev–Trinajstić information content (AvgIpc) is 2.86. The second kappa shape index (κ2) is 8.12. The second-order valence-corrected chi connectivity index (χ2v) is 7.57. The molecular weight excluding hydrogens is 358 g/mol. The van der Waals surface area contributed by atoms with Crippen LogP contribution in [0.3, 0.4) is 0 Å². The lowest BCUT2D eigenvalue weighted by molar-refractivity contribution is 0.308. The standard InChI is InChI=1S/C22H22ClN3O/c23-18-8-4-7-17(13-18)14-21-24-20-10-12-26(11-9-19(20)22(27)25-21)15-16-5-2-1-3-6-16/h1,4,7-8,13H,2,5,9-12,14-15H2,(H,24,25,27). The first kappa shape index (κ1) is 18.0. The van der Waals surface area contributed by atoms with Crippen molar-refractivity contribution >= 4 is 11.6 Å². The van der Waals surface area contributed by atoms with Crippen molar-refractivity contribution in [2.75, 3.05) is 19.6 Å². The fourth-order valence-corrected chi connectivity index (χ4v) is 3.92. The van der Waals surface area contributed by atoms with Gasteiger partial charge in [-0.25, -0.2) is 4.98 Å². The second-order valence-electron chi connectivity index (χ2n) is 7.14. The normalized spacial score (nSPS) is 16.7. The first-order valence-corrected chi connectivity index (χ1v) is 9.81. The molecule has 2 aliphatic rings. The molecule has 0 saturated heterocycles. The molecule has 0 fully saturated rings. The smallest absolute Gasteiger partial charge is 0.254 e. The lowest BCUT2D eigenvalue weighted by Gasteiger charge is -2.20. The maximum Gasteiger partial charge on any atom is 0.254 e. The van der Waals surface area contributed by atoms with Crippen molar-refractivity contribution in [1.82, 2.24) is 14.9 Å². The molecule has 0 bridgehead atoms. The number of hydrogen-bond donors (Lipinski definition) is 1. The first-order valence-electron chi connectivity index (χ1n) is 9.43. The zero-order valence-corrected chi connectivity index (χ0v) is 16.0. The lowest BCUT2D eigenvalue weighted by atomic mass is 10.1. The summed E-state index contributed by atoms with van der Waals surface area (Å²) in [6, 6.07) is 7.67. The summed E-state index contributed by atoms with van der Waals surface area (Å²) >= 11 is 6.06. The monoisotopic (exact) mass is 379 g/mol. The molecule has 1 aromatic carbocycles. The van der Waals surface area contributed by atoms with Crippen molar-refractivity contribution in [3.63, 3.8) is 0 Å². The predicted octanol–water partition coefficient (Wildman–Crippen LogP) is 3.45. The van der Waals surface area contributed by atoms with Crippen molar-refractivity contribution < 1.29 is 0 Å². The van der Waals surface area contributed by atoms with E-state index in [0.717, 1.165) is 62.1 Å². The Kier molecular flexibility index (Phi) is 5.42. The Morgan fingerprint density at radius 3 is 2.93 bits per heavy atom. The van der Waals surface area contributed by atoms with E-state index in [1.807, 2.05) is 30.3 Å². The van der Waals surface area contributed by atoms with Gasteiger partial charge >= 0.3 is 0 Å². The summed E-state index contributed by atoms with van der Waals surface area (Å²) in [6.07, 6.45) is 6.25. The van der Waals surface area contributed by atoms with Crippen LogP contribution in [0.4, 0.5) is 0 Å². The van der Waals surface area contributed by atoms with Crippen molar-refractivity contribution in [1.29, 1.82) is 0 Å². The quantitative estimate of drug-likeness (QED) is 0.828. The maximum absolute atomic E-state index is 12.6. The minimum Gasteiger partial charge on any atom is -0.310 e. The number of fused-ring (bicyclic) bond motifs is 1. The number of allylic oxidation sites excluding steroid dienone is 1.